The van der Waals surface area contributed by atoms with E-state index in [-0.39, 0.29) is 18.9 Å². The smallest absolute Gasteiger partial charge is 0.314 e. The quantitative estimate of drug-likeness (QED) is 0.300. The molecule has 0 unspecified atom stereocenters. The van der Waals surface area contributed by atoms with Gasteiger partial charge in [-0.2, -0.15) is 19.3 Å². The first-order valence-corrected chi connectivity index (χ1v) is 5.68. The Balaban J connectivity index is 0. The van der Waals surface area contributed by atoms with Gasteiger partial charge in [-0.3, -0.25) is 0 Å². The molecule has 0 aliphatic carbocycles. The van der Waals surface area contributed by atoms with Crippen molar-refractivity contribution >= 4 is 0 Å². The number of rotatable bonds is 8. The van der Waals surface area contributed by atoms with E-state index in [1.165, 1.54) is 51.4 Å². The first kappa shape index (κ1) is 16.0. The van der Waals surface area contributed by atoms with Gasteiger partial charge < -0.3 is 5.92 Å². The van der Waals surface area contributed by atoms with Gasteiger partial charge in [0.25, 0.3) is 0 Å². The molecule has 0 saturated carbocycles. The van der Waals surface area contributed by atoms with Crippen LogP contribution in [0.1, 0.15) is 72.1 Å². The molecule has 0 aromatic rings. The molecule has 0 heterocycles. The second-order valence-corrected chi connectivity index (χ2v) is 3.71. The van der Waals surface area contributed by atoms with E-state index in [9.17, 15) is 0 Å². The van der Waals surface area contributed by atoms with Crippen molar-refractivity contribution in [1.29, 1.82) is 0 Å². The topological polar surface area (TPSA) is 0 Å². The monoisotopic (exact) mass is 176 g/mol. The van der Waals surface area contributed by atoms with Crippen molar-refractivity contribution < 1.29 is 18.9 Å². The van der Waals surface area contributed by atoms with Crippen LogP contribution >= 0.6 is 0 Å². The van der Waals surface area contributed by atoms with Crippen LogP contribution in [-0.2, 0) is 0 Å². The summed E-state index contributed by atoms with van der Waals surface area (Å²) in [6, 6.07) is 0. The predicted octanol–water partition coefficient (Wildman–Crippen LogP) is 1.75. The van der Waals surface area contributed by atoms with Crippen molar-refractivity contribution in [2.75, 3.05) is 0 Å². The Labute approximate surface area is 97.1 Å². The maximum absolute atomic E-state index is 2.29. The summed E-state index contributed by atoms with van der Waals surface area (Å²) in [5, 5.41) is 0. The molecule has 0 nitrogen and oxygen atoms in total. The molecule has 0 radical (unpaired) electrons. The third-order valence-corrected chi connectivity index (χ3v) is 2.34. The van der Waals surface area contributed by atoms with Crippen LogP contribution in [0, 0.1) is 5.92 Å². The fourth-order valence-electron chi connectivity index (χ4n) is 1.71. The maximum Gasteiger partial charge on any atom is 1.00 e. The van der Waals surface area contributed by atoms with Gasteiger partial charge in [-0.25, -0.2) is 0 Å². The minimum Gasteiger partial charge on any atom is -0.314 e. The molecule has 0 saturated heterocycles. The third-order valence-electron chi connectivity index (χ3n) is 2.34. The molecule has 0 aromatic heterocycles. The summed E-state index contributed by atoms with van der Waals surface area (Å²) in [5.41, 5.74) is 0. The fraction of sp³-hybridized carbons (Fsp3) is 0.917. The van der Waals surface area contributed by atoms with E-state index >= 15 is 0 Å². The zero-order valence-electron chi connectivity index (χ0n) is 10.2. The molecule has 0 amide bonds. The van der Waals surface area contributed by atoms with Crippen molar-refractivity contribution in [3.05, 3.63) is 5.92 Å². The Bertz CT molecular complexity index is 75.2. The minimum absolute atomic E-state index is 0. The van der Waals surface area contributed by atoms with Crippen LogP contribution in [0.4, 0.5) is 0 Å². The van der Waals surface area contributed by atoms with Gasteiger partial charge in [-0.15, -0.1) is 0 Å². The van der Waals surface area contributed by atoms with Gasteiger partial charge in [0.05, 0.1) is 0 Å². The first-order chi connectivity index (χ1) is 5.85. The summed E-state index contributed by atoms with van der Waals surface area (Å²) in [6.45, 7) is 6.85. The van der Waals surface area contributed by atoms with E-state index in [1.807, 2.05) is 5.92 Å². The predicted molar refractivity (Wildman–Crippen MR) is 57.2 cm³/mol. The van der Waals surface area contributed by atoms with Gasteiger partial charge in [0.2, 0.25) is 0 Å². The standard InChI is InChI=1S/C12H25.Li/c1-4-7-8-11-12(9-5-2)10-6-3;/h4-11H2,1-3H3;/q-1;+1. The van der Waals surface area contributed by atoms with E-state index in [2.05, 4.69) is 20.8 Å². The van der Waals surface area contributed by atoms with E-state index in [0.717, 1.165) is 0 Å². The SMILES string of the molecule is CCCCC[C-](CCC)CCC.[Li+]. The molecule has 0 aliphatic rings. The van der Waals surface area contributed by atoms with Crippen LogP contribution in [0.3, 0.4) is 0 Å². The molecular formula is C12H25Li. The summed E-state index contributed by atoms with van der Waals surface area (Å²) in [7, 11) is 0. The van der Waals surface area contributed by atoms with Crippen LogP contribution in [0.2, 0.25) is 0 Å². The van der Waals surface area contributed by atoms with E-state index in [1.54, 1.807) is 0 Å². The normalized spacial score (nSPS) is 10.2. The molecule has 1 heteroatoms. The van der Waals surface area contributed by atoms with Crippen LogP contribution < -0.4 is 18.9 Å². The molecule has 0 aliphatic heterocycles. The average molecular weight is 176 g/mol. The summed E-state index contributed by atoms with van der Waals surface area (Å²) in [6.07, 6.45) is 11.0. The summed E-state index contributed by atoms with van der Waals surface area (Å²) >= 11 is 0. The second-order valence-electron chi connectivity index (χ2n) is 3.71. The Morgan fingerprint density at radius 3 is 1.62 bits per heavy atom. The Morgan fingerprint density at radius 1 is 0.692 bits per heavy atom. The van der Waals surface area contributed by atoms with Gasteiger partial charge in [0.1, 0.15) is 0 Å². The number of unbranched alkanes of at least 4 members (excludes halogenated alkanes) is 2. The van der Waals surface area contributed by atoms with Crippen molar-refractivity contribution in [2.24, 2.45) is 0 Å². The van der Waals surface area contributed by atoms with Gasteiger partial charge in [0.15, 0.2) is 0 Å². The van der Waals surface area contributed by atoms with Gasteiger partial charge in [-0.05, 0) is 0 Å². The molecule has 0 atom stereocenters. The fourth-order valence-corrected chi connectivity index (χ4v) is 1.71. The van der Waals surface area contributed by atoms with Gasteiger partial charge in [0, 0.05) is 0 Å². The zero-order chi connectivity index (χ0) is 9.23. The summed E-state index contributed by atoms with van der Waals surface area (Å²) in [4.78, 5) is 0. The molecule has 0 N–H and O–H groups in total. The first-order valence-electron chi connectivity index (χ1n) is 5.68. The molecule has 0 bridgehead atoms. The van der Waals surface area contributed by atoms with Crippen molar-refractivity contribution in [2.45, 2.75) is 72.1 Å². The van der Waals surface area contributed by atoms with E-state index in [0.29, 0.717) is 0 Å². The summed E-state index contributed by atoms with van der Waals surface area (Å²) in [5.74, 6) is 1.81. The zero-order valence-corrected chi connectivity index (χ0v) is 10.2. The van der Waals surface area contributed by atoms with Gasteiger partial charge >= 0.3 is 18.9 Å². The Morgan fingerprint density at radius 2 is 1.23 bits per heavy atom. The second kappa shape index (κ2) is 12.6. The third kappa shape index (κ3) is 10.5. The van der Waals surface area contributed by atoms with Crippen LogP contribution in [0.5, 0.6) is 0 Å². The molecule has 0 fully saturated rings. The Hall–Kier alpha value is 0.597. The van der Waals surface area contributed by atoms with Crippen molar-refractivity contribution in [3.63, 3.8) is 0 Å². The molecule has 0 aromatic carbocycles. The molecular weight excluding hydrogens is 151 g/mol. The maximum atomic E-state index is 2.29. The number of hydrogen-bond acceptors (Lipinski definition) is 0. The molecule has 0 rings (SSSR count). The van der Waals surface area contributed by atoms with E-state index < -0.39 is 0 Å². The molecule has 0 spiro atoms. The van der Waals surface area contributed by atoms with Crippen molar-refractivity contribution in [1.82, 2.24) is 0 Å². The van der Waals surface area contributed by atoms with Crippen molar-refractivity contribution in [3.8, 4) is 0 Å². The number of hydrogen-bond donors (Lipinski definition) is 0. The Kier molecular flexibility index (Phi) is 15.5. The average Bonchev–Trinajstić information content (AvgIpc) is 2.06. The molecule has 13 heavy (non-hydrogen) atoms. The largest absolute Gasteiger partial charge is 1.00 e. The molecule has 74 valence electrons. The van der Waals surface area contributed by atoms with E-state index in [4.69, 9.17) is 0 Å². The summed E-state index contributed by atoms with van der Waals surface area (Å²) < 4.78 is 0. The minimum atomic E-state index is 0. The van der Waals surface area contributed by atoms with Crippen LogP contribution in [-0.4, -0.2) is 0 Å². The van der Waals surface area contributed by atoms with Crippen LogP contribution in [0.25, 0.3) is 0 Å². The van der Waals surface area contributed by atoms with Gasteiger partial charge in [-0.1, -0.05) is 52.9 Å². The van der Waals surface area contributed by atoms with Crippen LogP contribution in [0.15, 0.2) is 0 Å².